The van der Waals surface area contributed by atoms with Crippen LogP contribution >= 0.6 is 0 Å². The van der Waals surface area contributed by atoms with Gasteiger partial charge in [0.2, 0.25) is 0 Å². The molecule has 3 N–H and O–H groups in total. The number of esters is 1. The lowest BCUT2D eigenvalue weighted by molar-refractivity contribution is -0.252. The van der Waals surface area contributed by atoms with Crippen molar-refractivity contribution in [2.75, 3.05) is 26.0 Å². The first-order chi connectivity index (χ1) is 22.4. The molecule has 0 unspecified atom stereocenters. The molecule has 5 rings (SSSR count). The molecule has 4 aromatic carbocycles. The number of hydrogen-bond donors (Lipinski definition) is 3. The molecule has 1 heterocycles. The van der Waals surface area contributed by atoms with E-state index in [1.54, 1.807) is 6.07 Å². The number of amides is 2. The summed E-state index contributed by atoms with van der Waals surface area (Å²) in [7, 11) is 3.38. The van der Waals surface area contributed by atoms with Crippen molar-refractivity contribution in [3.05, 3.63) is 137 Å². The molecule has 46 heavy (non-hydrogen) atoms. The number of ether oxygens (including phenoxy) is 3. The van der Waals surface area contributed by atoms with Gasteiger partial charge in [-0.3, -0.25) is 4.90 Å². The SMILES string of the molecule is COC(=O)[C@H](Cc1ccccc1)NC(=O)Nc1cccc([C@H]2O[C@@H](CN(C)Cc3ccccc3)C[C@@H](c3ccc(CO)cc3)O2)c1. The van der Waals surface area contributed by atoms with Crippen LogP contribution in [0.2, 0.25) is 0 Å². The van der Waals surface area contributed by atoms with Gasteiger partial charge in [0.25, 0.3) is 0 Å². The van der Waals surface area contributed by atoms with Crippen LogP contribution in [0, 0.1) is 0 Å². The van der Waals surface area contributed by atoms with Gasteiger partial charge in [-0.1, -0.05) is 97.1 Å². The molecule has 1 fully saturated rings. The van der Waals surface area contributed by atoms with Gasteiger partial charge in [0.15, 0.2) is 6.29 Å². The van der Waals surface area contributed by atoms with Gasteiger partial charge in [0.1, 0.15) is 6.04 Å². The Morgan fingerprint density at radius 2 is 1.57 bits per heavy atom. The summed E-state index contributed by atoms with van der Waals surface area (Å²) in [5.41, 5.74) is 5.23. The molecule has 0 spiro atoms. The summed E-state index contributed by atoms with van der Waals surface area (Å²) in [6.45, 7) is 1.45. The minimum atomic E-state index is -0.854. The molecular formula is C37H41N3O6. The van der Waals surface area contributed by atoms with Crippen molar-refractivity contribution >= 4 is 17.7 Å². The Kier molecular flexibility index (Phi) is 11.5. The molecule has 4 atom stereocenters. The average molecular weight is 624 g/mol. The van der Waals surface area contributed by atoms with Crippen LogP contribution in [0.3, 0.4) is 0 Å². The van der Waals surface area contributed by atoms with E-state index in [1.807, 2.05) is 91.0 Å². The standard InChI is InChI=1S/C37H41N3O6/c1-40(23-27-12-7-4-8-13-27)24-32-22-34(29-18-16-28(25-41)17-19-29)46-36(45-32)30-14-9-15-31(21-30)38-37(43)39-33(35(42)44-2)20-26-10-5-3-6-11-26/h3-19,21,32-34,36,41H,20,22-25H2,1-2H3,(H2,38,39,43)/t32-,33+,34+,36+/m1/s1. The summed E-state index contributed by atoms with van der Waals surface area (Å²) < 4.78 is 18.0. The second kappa shape index (κ2) is 16.1. The maximum Gasteiger partial charge on any atom is 0.328 e. The fraction of sp³-hybridized carbons (Fsp3) is 0.297. The fourth-order valence-corrected chi connectivity index (χ4v) is 5.61. The van der Waals surface area contributed by atoms with E-state index in [1.165, 1.54) is 12.7 Å². The van der Waals surface area contributed by atoms with Crippen molar-refractivity contribution in [3.63, 3.8) is 0 Å². The lowest BCUT2D eigenvalue weighted by Crippen LogP contribution is -2.45. The number of rotatable bonds is 12. The molecule has 1 saturated heterocycles. The number of nitrogens with zero attached hydrogens (tertiary/aromatic N) is 1. The molecule has 0 aromatic heterocycles. The topological polar surface area (TPSA) is 109 Å². The van der Waals surface area contributed by atoms with E-state index in [4.69, 9.17) is 14.2 Å². The van der Waals surface area contributed by atoms with E-state index in [9.17, 15) is 14.7 Å². The largest absolute Gasteiger partial charge is 0.467 e. The monoisotopic (exact) mass is 623 g/mol. The molecule has 0 aliphatic carbocycles. The number of likely N-dealkylation sites (N-methyl/N-ethyl adjacent to an activating group) is 1. The second-order valence-corrected chi connectivity index (χ2v) is 11.5. The average Bonchev–Trinajstić information content (AvgIpc) is 3.08. The highest BCUT2D eigenvalue weighted by molar-refractivity contribution is 5.92. The first kappa shape index (κ1) is 32.8. The minimum Gasteiger partial charge on any atom is -0.467 e. The summed E-state index contributed by atoms with van der Waals surface area (Å²) in [6.07, 6.45) is -0.0952. The molecular weight excluding hydrogens is 582 g/mol. The summed E-state index contributed by atoms with van der Waals surface area (Å²) in [4.78, 5) is 27.7. The smallest absolute Gasteiger partial charge is 0.328 e. The highest BCUT2D eigenvalue weighted by Crippen LogP contribution is 2.38. The van der Waals surface area contributed by atoms with Crippen molar-refractivity contribution < 1.29 is 28.9 Å². The van der Waals surface area contributed by atoms with Crippen LogP contribution in [0.1, 0.15) is 46.6 Å². The van der Waals surface area contributed by atoms with Gasteiger partial charge < -0.3 is 30.0 Å². The molecule has 1 aliphatic heterocycles. The molecule has 0 radical (unpaired) electrons. The third-order valence-electron chi connectivity index (χ3n) is 7.92. The zero-order valence-corrected chi connectivity index (χ0v) is 26.2. The van der Waals surface area contributed by atoms with Gasteiger partial charge in [0, 0.05) is 37.2 Å². The lowest BCUT2D eigenvalue weighted by Gasteiger charge is -2.38. The number of urea groups is 1. The predicted molar refractivity (Wildman–Crippen MR) is 176 cm³/mol. The van der Waals surface area contributed by atoms with Gasteiger partial charge in [-0.2, -0.15) is 0 Å². The van der Waals surface area contributed by atoms with E-state index in [-0.39, 0.29) is 18.8 Å². The summed E-state index contributed by atoms with van der Waals surface area (Å²) in [6, 6.07) is 33.5. The zero-order chi connectivity index (χ0) is 32.3. The van der Waals surface area contributed by atoms with E-state index in [0.717, 1.165) is 28.8 Å². The maximum atomic E-state index is 13.0. The first-order valence-electron chi connectivity index (χ1n) is 15.4. The van der Waals surface area contributed by atoms with Crippen molar-refractivity contribution in [1.29, 1.82) is 0 Å². The van der Waals surface area contributed by atoms with Gasteiger partial charge in [-0.15, -0.1) is 0 Å². The highest BCUT2D eigenvalue weighted by Gasteiger charge is 2.33. The third kappa shape index (κ3) is 9.24. The molecule has 240 valence electrons. The van der Waals surface area contributed by atoms with Gasteiger partial charge >= 0.3 is 12.0 Å². The Morgan fingerprint density at radius 1 is 0.870 bits per heavy atom. The van der Waals surface area contributed by atoms with Crippen LogP contribution in [0.25, 0.3) is 0 Å². The molecule has 0 saturated carbocycles. The van der Waals surface area contributed by atoms with Gasteiger partial charge in [-0.25, -0.2) is 9.59 Å². The number of aliphatic hydroxyl groups is 1. The Hall–Kier alpha value is -4.54. The van der Waals surface area contributed by atoms with Crippen LogP contribution in [0.5, 0.6) is 0 Å². The lowest BCUT2D eigenvalue weighted by atomic mass is 9.99. The van der Waals surface area contributed by atoms with Gasteiger partial charge in [0.05, 0.1) is 25.9 Å². The normalized spacial score (nSPS) is 18.5. The van der Waals surface area contributed by atoms with Crippen LogP contribution < -0.4 is 10.6 Å². The Balaban J connectivity index is 1.29. The predicted octanol–water partition coefficient (Wildman–Crippen LogP) is 5.76. The number of carbonyl (C=O) groups excluding carboxylic acids is 2. The molecule has 2 amide bonds. The van der Waals surface area contributed by atoms with Crippen LogP contribution in [-0.4, -0.2) is 54.9 Å². The van der Waals surface area contributed by atoms with Crippen molar-refractivity contribution in [3.8, 4) is 0 Å². The Morgan fingerprint density at radius 3 is 2.24 bits per heavy atom. The molecule has 9 heteroatoms. The third-order valence-corrected chi connectivity index (χ3v) is 7.92. The zero-order valence-electron chi connectivity index (χ0n) is 26.2. The van der Waals surface area contributed by atoms with Gasteiger partial charge in [-0.05, 0) is 41.4 Å². The molecule has 0 bridgehead atoms. The van der Waals surface area contributed by atoms with Crippen molar-refractivity contribution in [2.45, 2.75) is 50.5 Å². The summed E-state index contributed by atoms with van der Waals surface area (Å²) in [5, 5.41) is 15.1. The second-order valence-electron chi connectivity index (χ2n) is 11.5. The summed E-state index contributed by atoms with van der Waals surface area (Å²) in [5.74, 6) is -0.530. The number of aliphatic hydroxyl groups excluding tert-OH is 1. The van der Waals surface area contributed by atoms with E-state index in [0.29, 0.717) is 25.1 Å². The maximum absolute atomic E-state index is 13.0. The Bertz CT molecular complexity index is 1550. The number of methoxy groups -OCH3 is 1. The van der Waals surface area contributed by atoms with Crippen LogP contribution in [0.15, 0.2) is 109 Å². The van der Waals surface area contributed by atoms with E-state index >= 15 is 0 Å². The molecule has 1 aliphatic rings. The minimum absolute atomic E-state index is 0.0234. The number of nitrogens with one attached hydrogen (secondary N) is 2. The van der Waals surface area contributed by atoms with Crippen LogP contribution in [0.4, 0.5) is 10.5 Å². The van der Waals surface area contributed by atoms with E-state index in [2.05, 4.69) is 34.7 Å². The van der Waals surface area contributed by atoms with E-state index < -0.39 is 24.3 Å². The van der Waals surface area contributed by atoms with Crippen LogP contribution in [-0.2, 0) is 38.6 Å². The Labute approximate surface area is 270 Å². The van der Waals surface area contributed by atoms with Crippen molar-refractivity contribution in [2.24, 2.45) is 0 Å². The fourth-order valence-electron chi connectivity index (χ4n) is 5.61. The highest BCUT2D eigenvalue weighted by atomic mass is 16.7. The number of anilines is 1. The first-order valence-corrected chi connectivity index (χ1v) is 15.4. The summed E-state index contributed by atoms with van der Waals surface area (Å²) >= 11 is 0. The number of hydrogen-bond acceptors (Lipinski definition) is 7. The van der Waals surface area contributed by atoms with Crippen molar-refractivity contribution in [1.82, 2.24) is 10.2 Å². The quantitative estimate of drug-likeness (QED) is 0.172. The number of carbonyl (C=O) groups is 2. The molecule has 9 nitrogen and oxygen atoms in total. The number of benzene rings is 4. The molecule has 4 aromatic rings.